The van der Waals surface area contributed by atoms with Gasteiger partial charge in [-0.1, -0.05) is 34.1 Å². The Kier molecular flexibility index (Phi) is 4.27. The molecule has 2 aromatic carbocycles. The zero-order valence-electron chi connectivity index (χ0n) is 14.3. The zero-order chi connectivity index (χ0) is 16.7. The summed E-state index contributed by atoms with van der Waals surface area (Å²) in [5.74, 6) is 0. The number of hydrogen-bond donors (Lipinski definition) is 1. The van der Waals surface area contributed by atoms with Gasteiger partial charge in [-0.25, -0.2) is 0 Å². The average Bonchev–Trinajstić information content (AvgIpc) is 2.92. The molecule has 0 aromatic heterocycles. The molecule has 0 spiro atoms. The van der Waals surface area contributed by atoms with Crippen LogP contribution in [0, 0.1) is 0 Å². The van der Waals surface area contributed by atoms with Crippen LogP contribution in [0.15, 0.2) is 40.9 Å². The van der Waals surface area contributed by atoms with Crippen LogP contribution in [-0.4, -0.2) is 32.1 Å². The Labute approximate surface area is 152 Å². The maximum Gasteiger partial charge on any atom is 0.0647 e. The first-order valence-electron chi connectivity index (χ1n) is 8.73. The standard InChI is InChI=1S/C20H24BrN3/c1-23(2)11-4-7-17-16-6-3-5-14-10-12-24(20(14)16)19-9-8-15(21)13-18(19)22-17/h3,5-6,8-9,13,17,22H,4,7,10-12H2,1-2H3. The molecule has 0 bridgehead atoms. The molecular weight excluding hydrogens is 362 g/mol. The topological polar surface area (TPSA) is 18.5 Å². The van der Waals surface area contributed by atoms with Crippen LogP contribution < -0.4 is 10.2 Å². The first-order valence-corrected chi connectivity index (χ1v) is 9.53. The third-order valence-electron chi connectivity index (χ3n) is 5.08. The van der Waals surface area contributed by atoms with Gasteiger partial charge in [0, 0.05) is 16.7 Å². The van der Waals surface area contributed by atoms with E-state index < -0.39 is 0 Å². The summed E-state index contributed by atoms with van der Waals surface area (Å²) in [5.41, 5.74) is 6.93. The van der Waals surface area contributed by atoms with Gasteiger partial charge < -0.3 is 15.1 Å². The van der Waals surface area contributed by atoms with Crippen molar-refractivity contribution in [3.05, 3.63) is 52.0 Å². The highest BCUT2D eigenvalue weighted by molar-refractivity contribution is 9.10. The highest BCUT2D eigenvalue weighted by Crippen LogP contribution is 2.47. The lowest BCUT2D eigenvalue weighted by atomic mass is 9.97. The van der Waals surface area contributed by atoms with E-state index >= 15 is 0 Å². The third kappa shape index (κ3) is 2.82. The van der Waals surface area contributed by atoms with Crippen molar-refractivity contribution in [2.75, 3.05) is 37.4 Å². The molecular formula is C20H24BrN3. The molecule has 0 aliphatic carbocycles. The van der Waals surface area contributed by atoms with E-state index in [1.54, 1.807) is 0 Å². The van der Waals surface area contributed by atoms with Crippen LogP contribution in [0.4, 0.5) is 17.1 Å². The minimum Gasteiger partial charge on any atom is -0.376 e. The molecule has 0 amide bonds. The monoisotopic (exact) mass is 385 g/mol. The second-order valence-electron chi connectivity index (χ2n) is 7.06. The molecule has 0 radical (unpaired) electrons. The van der Waals surface area contributed by atoms with Crippen LogP contribution in [0.25, 0.3) is 0 Å². The number of nitrogens with one attached hydrogen (secondary N) is 1. The first-order chi connectivity index (χ1) is 11.6. The van der Waals surface area contributed by atoms with E-state index in [0.29, 0.717) is 6.04 Å². The number of halogens is 1. The van der Waals surface area contributed by atoms with Gasteiger partial charge in [0.1, 0.15) is 0 Å². The highest BCUT2D eigenvalue weighted by atomic mass is 79.9. The number of para-hydroxylation sites is 1. The predicted molar refractivity (Wildman–Crippen MR) is 105 cm³/mol. The largest absolute Gasteiger partial charge is 0.376 e. The van der Waals surface area contributed by atoms with E-state index in [1.807, 2.05) is 0 Å². The summed E-state index contributed by atoms with van der Waals surface area (Å²) in [5, 5.41) is 3.83. The molecule has 2 aromatic rings. The van der Waals surface area contributed by atoms with Gasteiger partial charge in [0.2, 0.25) is 0 Å². The van der Waals surface area contributed by atoms with Gasteiger partial charge in [-0.2, -0.15) is 0 Å². The molecule has 126 valence electrons. The molecule has 1 atom stereocenters. The maximum atomic E-state index is 3.83. The quantitative estimate of drug-likeness (QED) is 0.802. The van der Waals surface area contributed by atoms with Crippen molar-refractivity contribution in [3.63, 3.8) is 0 Å². The molecule has 4 heteroatoms. The Hall–Kier alpha value is -1.52. The Morgan fingerprint density at radius 3 is 2.96 bits per heavy atom. The molecule has 1 N–H and O–H groups in total. The first kappa shape index (κ1) is 16.0. The summed E-state index contributed by atoms with van der Waals surface area (Å²) in [6.07, 6.45) is 3.48. The van der Waals surface area contributed by atoms with Gasteiger partial charge in [-0.05, 0) is 69.2 Å². The SMILES string of the molecule is CN(C)CCCC1Nc2cc(Br)ccc2N2CCc3cccc1c32. The Morgan fingerprint density at radius 1 is 1.25 bits per heavy atom. The maximum absolute atomic E-state index is 3.83. The second kappa shape index (κ2) is 6.41. The van der Waals surface area contributed by atoms with Crippen molar-refractivity contribution in [2.24, 2.45) is 0 Å². The molecule has 2 aliphatic heterocycles. The molecule has 1 unspecified atom stereocenters. The van der Waals surface area contributed by atoms with Gasteiger partial charge in [0.15, 0.2) is 0 Å². The van der Waals surface area contributed by atoms with Crippen molar-refractivity contribution >= 4 is 33.0 Å². The van der Waals surface area contributed by atoms with Crippen molar-refractivity contribution < 1.29 is 0 Å². The number of hydrogen-bond acceptors (Lipinski definition) is 3. The Balaban J connectivity index is 1.76. The van der Waals surface area contributed by atoms with Gasteiger partial charge in [0.25, 0.3) is 0 Å². The minimum absolute atomic E-state index is 0.371. The van der Waals surface area contributed by atoms with Gasteiger partial charge in [0.05, 0.1) is 17.4 Å². The molecule has 0 fully saturated rings. The lowest BCUT2D eigenvalue weighted by molar-refractivity contribution is 0.388. The van der Waals surface area contributed by atoms with Gasteiger partial charge in [-0.3, -0.25) is 0 Å². The molecule has 2 heterocycles. The normalized spacial score (nSPS) is 18.2. The number of benzene rings is 2. The Morgan fingerprint density at radius 2 is 2.12 bits per heavy atom. The minimum atomic E-state index is 0.371. The van der Waals surface area contributed by atoms with E-state index in [4.69, 9.17) is 0 Å². The lowest BCUT2D eigenvalue weighted by Gasteiger charge is -2.22. The molecule has 3 nitrogen and oxygen atoms in total. The summed E-state index contributed by atoms with van der Waals surface area (Å²) in [7, 11) is 4.30. The number of anilines is 3. The van der Waals surface area contributed by atoms with E-state index in [2.05, 4.69) is 81.5 Å². The summed E-state index contributed by atoms with van der Waals surface area (Å²) in [6, 6.07) is 13.8. The van der Waals surface area contributed by atoms with Crippen molar-refractivity contribution in [3.8, 4) is 0 Å². The number of nitrogens with zero attached hydrogens (tertiary/aromatic N) is 2. The van der Waals surface area contributed by atoms with Crippen LogP contribution >= 0.6 is 15.9 Å². The molecule has 2 aliphatic rings. The van der Waals surface area contributed by atoms with Crippen molar-refractivity contribution in [1.29, 1.82) is 0 Å². The fourth-order valence-electron chi connectivity index (χ4n) is 3.97. The van der Waals surface area contributed by atoms with Crippen LogP contribution in [0.2, 0.25) is 0 Å². The molecule has 0 saturated heterocycles. The van der Waals surface area contributed by atoms with E-state index in [1.165, 1.54) is 34.6 Å². The lowest BCUT2D eigenvalue weighted by Crippen LogP contribution is -2.16. The van der Waals surface area contributed by atoms with Gasteiger partial charge >= 0.3 is 0 Å². The van der Waals surface area contributed by atoms with E-state index in [0.717, 1.165) is 30.4 Å². The summed E-state index contributed by atoms with van der Waals surface area (Å²) in [4.78, 5) is 4.77. The second-order valence-corrected chi connectivity index (χ2v) is 7.98. The van der Waals surface area contributed by atoms with Crippen LogP contribution in [0.5, 0.6) is 0 Å². The highest BCUT2D eigenvalue weighted by Gasteiger charge is 2.31. The molecule has 0 saturated carbocycles. The van der Waals surface area contributed by atoms with Crippen LogP contribution in [0.3, 0.4) is 0 Å². The van der Waals surface area contributed by atoms with Crippen molar-refractivity contribution in [2.45, 2.75) is 25.3 Å². The smallest absolute Gasteiger partial charge is 0.0647 e. The van der Waals surface area contributed by atoms with Gasteiger partial charge in [-0.15, -0.1) is 0 Å². The van der Waals surface area contributed by atoms with E-state index in [9.17, 15) is 0 Å². The fourth-order valence-corrected chi connectivity index (χ4v) is 4.33. The zero-order valence-corrected chi connectivity index (χ0v) is 15.9. The summed E-state index contributed by atoms with van der Waals surface area (Å²) in [6.45, 7) is 2.20. The van der Waals surface area contributed by atoms with Crippen molar-refractivity contribution in [1.82, 2.24) is 4.90 Å². The Bertz CT molecular complexity index is 757. The van der Waals surface area contributed by atoms with Crippen LogP contribution in [-0.2, 0) is 6.42 Å². The van der Waals surface area contributed by atoms with Crippen LogP contribution in [0.1, 0.15) is 30.0 Å². The predicted octanol–water partition coefficient (Wildman–Crippen LogP) is 4.95. The van der Waals surface area contributed by atoms with E-state index in [-0.39, 0.29) is 0 Å². The third-order valence-corrected chi connectivity index (χ3v) is 5.57. The number of fused-ring (bicyclic) bond motifs is 2. The fraction of sp³-hybridized carbons (Fsp3) is 0.400. The average molecular weight is 386 g/mol. The summed E-state index contributed by atoms with van der Waals surface area (Å²) < 4.78 is 1.13. The molecule has 24 heavy (non-hydrogen) atoms. The number of rotatable bonds is 4. The molecule has 4 rings (SSSR count). The summed E-state index contributed by atoms with van der Waals surface area (Å²) >= 11 is 3.63.